The van der Waals surface area contributed by atoms with Crippen molar-refractivity contribution in [3.63, 3.8) is 0 Å². The molecule has 0 bridgehead atoms. The Morgan fingerprint density at radius 2 is 1.89 bits per heavy atom. The number of alkyl halides is 3. The van der Waals surface area contributed by atoms with Crippen molar-refractivity contribution in [1.29, 1.82) is 0 Å². The van der Waals surface area contributed by atoms with Gasteiger partial charge in [0.15, 0.2) is 0 Å². The van der Waals surface area contributed by atoms with E-state index in [9.17, 15) is 21.6 Å². The maximum atomic E-state index is 12.6. The average molecular weight is 281 g/mol. The first-order valence-electron chi connectivity index (χ1n) is 5.34. The number of rotatable bonds is 4. The van der Waals surface area contributed by atoms with E-state index in [0.717, 1.165) is 6.07 Å². The van der Waals surface area contributed by atoms with Gasteiger partial charge in [0.05, 0.1) is 11.3 Å². The Labute approximate surface area is 104 Å². The zero-order chi connectivity index (χ0) is 14.0. The van der Waals surface area contributed by atoms with Gasteiger partial charge in [-0.15, -0.1) is 0 Å². The number of sulfonamides is 1. The molecule has 0 saturated carbocycles. The highest BCUT2D eigenvalue weighted by molar-refractivity contribution is 7.92. The molecule has 0 aliphatic heterocycles. The van der Waals surface area contributed by atoms with Crippen LogP contribution in [0.3, 0.4) is 0 Å². The second kappa shape index (κ2) is 5.17. The summed E-state index contributed by atoms with van der Waals surface area (Å²) < 4.78 is 62.9. The fourth-order valence-corrected chi connectivity index (χ4v) is 2.62. The molecule has 7 heteroatoms. The maximum Gasteiger partial charge on any atom is 0.416 e. The van der Waals surface area contributed by atoms with Crippen LogP contribution in [-0.2, 0) is 16.2 Å². The second-order valence-corrected chi connectivity index (χ2v) is 5.79. The minimum Gasteiger partial charge on any atom is -0.284 e. The molecule has 1 aromatic rings. The van der Waals surface area contributed by atoms with Crippen molar-refractivity contribution in [1.82, 2.24) is 0 Å². The van der Waals surface area contributed by atoms with Crippen molar-refractivity contribution in [3.8, 4) is 0 Å². The van der Waals surface area contributed by atoms with Gasteiger partial charge in [0.2, 0.25) is 10.0 Å². The van der Waals surface area contributed by atoms with Gasteiger partial charge in [-0.2, -0.15) is 13.2 Å². The van der Waals surface area contributed by atoms with Gasteiger partial charge in [0.25, 0.3) is 0 Å². The molecule has 0 atom stereocenters. The van der Waals surface area contributed by atoms with Crippen LogP contribution in [0, 0.1) is 6.92 Å². The third-order valence-corrected chi connectivity index (χ3v) is 3.78. The van der Waals surface area contributed by atoms with Crippen molar-refractivity contribution in [2.75, 3.05) is 10.5 Å². The first-order chi connectivity index (χ1) is 8.15. The minimum absolute atomic E-state index is 0.0564. The van der Waals surface area contributed by atoms with Gasteiger partial charge >= 0.3 is 6.18 Å². The van der Waals surface area contributed by atoms with Gasteiger partial charge in [0, 0.05) is 5.69 Å². The minimum atomic E-state index is -4.49. The third kappa shape index (κ3) is 3.90. The van der Waals surface area contributed by atoms with Crippen LogP contribution in [0.4, 0.5) is 18.9 Å². The molecule has 0 aromatic heterocycles. The third-order valence-electron chi connectivity index (χ3n) is 2.29. The van der Waals surface area contributed by atoms with Crippen molar-refractivity contribution in [2.45, 2.75) is 26.4 Å². The predicted octanol–water partition coefficient (Wildman–Crippen LogP) is 3.17. The van der Waals surface area contributed by atoms with Crippen molar-refractivity contribution < 1.29 is 21.6 Å². The van der Waals surface area contributed by atoms with E-state index in [1.165, 1.54) is 19.1 Å². The summed E-state index contributed by atoms with van der Waals surface area (Å²) in [6.07, 6.45) is -4.09. The number of benzene rings is 1. The first kappa shape index (κ1) is 14.8. The SMILES string of the molecule is CCCS(=O)(=O)Nc1ccc(C)c(C(F)(F)F)c1. The number of hydrogen-bond donors (Lipinski definition) is 1. The molecule has 0 spiro atoms. The molecule has 18 heavy (non-hydrogen) atoms. The molecule has 0 fully saturated rings. The van der Waals surface area contributed by atoms with E-state index >= 15 is 0 Å². The van der Waals surface area contributed by atoms with Gasteiger partial charge in [-0.3, -0.25) is 4.72 Å². The molecule has 3 nitrogen and oxygen atoms in total. The molecular weight excluding hydrogens is 267 g/mol. The predicted molar refractivity (Wildman–Crippen MR) is 63.9 cm³/mol. The van der Waals surface area contributed by atoms with Crippen LogP contribution in [0.2, 0.25) is 0 Å². The summed E-state index contributed by atoms with van der Waals surface area (Å²) in [5, 5.41) is 0. The smallest absolute Gasteiger partial charge is 0.284 e. The zero-order valence-electron chi connectivity index (χ0n) is 10.0. The van der Waals surface area contributed by atoms with Crippen molar-refractivity contribution in [2.24, 2.45) is 0 Å². The fraction of sp³-hybridized carbons (Fsp3) is 0.455. The van der Waals surface area contributed by atoms with Crippen LogP contribution in [0.1, 0.15) is 24.5 Å². The lowest BCUT2D eigenvalue weighted by molar-refractivity contribution is -0.138. The molecule has 0 unspecified atom stereocenters. The lowest BCUT2D eigenvalue weighted by atomic mass is 10.1. The number of nitrogens with one attached hydrogen (secondary N) is 1. The standard InChI is InChI=1S/C11H14F3NO2S/c1-3-6-18(16,17)15-9-5-4-8(2)10(7-9)11(12,13)14/h4-5,7,15H,3,6H2,1-2H3. The van der Waals surface area contributed by atoms with Crippen LogP contribution in [0.15, 0.2) is 18.2 Å². The molecule has 1 N–H and O–H groups in total. The average Bonchev–Trinajstić information content (AvgIpc) is 2.18. The second-order valence-electron chi connectivity index (χ2n) is 3.95. The van der Waals surface area contributed by atoms with Gasteiger partial charge in [-0.25, -0.2) is 8.42 Å². The Hall–Kier alpha value is -1.24. The highest BCUT2D eigenvalue weighted by Gasteiger charge is 2.32. The highest BCUT2D eigenvalue weighted by atomic mass is 32.2. The van der Waals surface area contributed by atoms with Gasteiger partial charge in [-0.05, 0) is 31.0 Å². The number of aryl methyl sites for hydroxylation is 1. The molecule has 1 aromatic carbocycles. The first-order valence-corrected chi connectivity index (χ1v) is 6.99. The van der Waals surface area contributed by atoms with Crippen LogP contribution in [0.5, 0.6) is 0 Å². The van der Waals surface area contributed by atoms with Crippen LogP contribution < -0.4 is 4.72 Å². The van der Waals surface area contributed by atoms with Crippen LogP contribution >= 0.6 is 0 Å². The highest BCUT2D eigenvalue weighted by Crippen LogP contribution is 2.33. The van der Waals surface area contributed by atoms with Gasteiger partial charge in [-0.1, -0.05) is 13.0 Å². The molecule has 0 amide bonds. The normalized spacial score (nSPS) is 12.5. The zero-order valence-corrected chi connectivity index (χ0v) is 10.8. The Balaban J connectivity index is 3.07. The van der Waals surface area contributed by atoms with Crippen LogP contribution in [0.25, 0.3) is 0 Å². The van der Waals surface area contributed by atoms with E-state index in [4.69, 9.17) is 0 Å². The Morgan fingerprint density at radius 3 is 2.39 bits per heavy atom. The Morgan fingerprint density at radius 1 is 1.28 bits per heavy atom. The van der Waals surface area contributed by atoms with E-state index < -0.39 is 21.8 Å². The van der Waals surface area contributed by atoms with Gasteiger partial charge in [0.1, 0.15) is 0 Å². The lowest BCUT2D eigenvalue weighted by Gasteiger charge is -2.13. The monoisotopic (exact) mass is 281 g/mol. The van der Waals surface area contributed by atoms with Crippen LogP contribution in [-0.4, -0.2) is 14.2 Å². The van der Waals surface area contributed by atoms with E-state index in [1.54, 1.807) is 6.92 Å². The Bertz CT molecular complexity index is 524. The largest absolute Gasteiger partial charge is 0.416 e. The Kier molecular flexibility index (Phi) is 4.26. The van der Waals surface area contributed by atoms with Crippen molar-refractivity contribution >= 4 is 15.7 Å². The summed E-state index contributed by atoms with van der Waals surface area (Å²) in [4.78, 5) is 0. The van der Waals surface area contributed by atoms with E-state index in [2.05, 4.69) is 4.72 Å². The van der Waals surface area contributed by atoms with E-state index in [-0.39, 0.29) is 17.0 Å². The molecule has 0 aliphatic rings. The summed E-state index contributed by atoms with van der Waals surface area (Å²) >= 11 is 0. The fourth-order valence-electron chi connectivity index (χ4n) is 1.49. The lowest BCUT2D eigenvalue weighted by Crippen LogP contribution is -2.17. The van der Waals surface area contributed by atoms with E-state index in [0.29, 0.717) is 6.42 Å². The van der Waals surface area contributed by atoms with Crippen molar-refractivity contribution in [3.05, 3.63) is 29.3 Å². The summed E-state index contributed by atoms with van der Waals surface area (Å²) in [5.41, 5.74) is -0.846. The van der Waals surface area contributed by atoms with Gasteiger partial charge < -0.3 is 0 Å². The molecule has 0 aliphatic carbocycles. The topological polar surface area (TPSA) is 46.2 Å². The molecular formula is C11H14F3NO2S. The number of anilines is 1. The quantitative estimate of drug-likeness (QED) is 0.921. The number of hydrogen-bond acceptors (Lipinski definition) is 2. The molecule has 0 saturated heterocycles. The summed E-state index contributed by atoms with van der Waals surface area (Å²) in [6.45, 7) is 3.00. The molecule has 0 heterocycles. The number of halogens is 3. The summed E-state index contributed by atoms with van der Waals surface area (Å²) in [5.74, 6) is -0.123. The molecule has 102 valence electrons. The summed E-state index contributed by atoms with van der Waals surface area (Å²) in [7, 11) is -3.58. The molecule has 0 radical (unpaired) electrons. The maximum absolute atomic E-state index is 12.6. The van der Waals surface area contributed by atoms with E-state index in [1.807, 2.05) is 0 Å². The summed E-state index contributed by atoms with van der Waals surface area (Å²) in [6, 6.07) is 3.37. The molecule has 1 rings (SSSR count).